The first-order valence-electron chi connectivity index (χ1n) is 6.56. The molecule has 15 heavy (non-hydrogen) atoms. The Bertz CT molecular complexity index is 214. The Kier molecular flexibility index (Phi) is 4.03. The van der Waals surface area contributed by atoms with Crippen LogP contribution in [0.5, 0.6) is 0 Å². The van der Waals surface area contributed by atoms with Crippen LogP contribution in [-0.4, -0.2) is 0 Å². The minimum atomic E-state index is 0.434. The maximum absolute atomic E-state index is 3.88. The molecule has 1 aliphatic carbocycles. The molecule has 0 heteroatoms. The number of hydrogen-bond acceptors (Lipinski definition) is 0. The fourth-order valence-electron chi connectivity index (χ4n) is 3.27. The Hall–Kier alpha value is -0.260. The van der Waals surface area contributed by atoms with Crippen LogP contribution >= 0.6 is 0 Å². The highest BCUT2D eigenvalue weighted by Gasteiger charge is 2.51. The maximum Gasteiger partial charge on any atom is -0.0291 e. The molecule has 0 aromatic carbocycles. The highest BCUT2D eigenvalue weighted by atomic mass is 14.6. The molecule has 0 aromatic heterocycles. The van der Waals surface area contributed by atoms with Gasteiger partial charge in [-0.25, -0.2) is 0 Å². The molecule has 1 aliphatic rings. The van der Waals surface area contributed by atoms with Crippen LogP contribution in [0.2, 0.25) is 0 Å². The molecule has 0 radical (unpaired) electrons. The Morgan fingerprint density at radius 2 is 2.00 bits per heavy atom. The lowest BCUT2D eigenvalue weighted by Gasteiger charge is -2.31. The topological polar surface area (TPSA) is 0 Å². The molecule has 0 spiro atoms. The van der Waals surface area contributed by atoms with E-state index in [1.54, 1.807) is 0 Å². The van der Waals surface area contributed by atoms with Crippen molar-refractivity contribution in [2.24, 2.45) is 29.1 Å². The predicted octanol–water partition coefficient (Wildman–Crippen LogP) is 4.91. The molecular formula is C15H28. The summed E-state index contributed by atoms with van der Waals surface area (Å²) in [6.45, 7) is 15.9. The molecule has 0 N–H and O–H groups in total. The average molecular weight is 208 g/mol. The zero-order valence-electron chi connectivity index (χ0n) is 11.2. The van der Waals surface area contributed by atoms with E-state index in [2.05, 4.69) is 47.3 Å². The van der Waals surface area contributed by atoms with E-state index in [0.717, 1.165) is 30.1 Å². The monoisotopic (exact) mass is 208 g/mol. The average Bonchev–Trinajstić information content (AvgIpc) is 2.76. The summed E-state index contributed by atoms with van der Waals surface area (Å²) in [6, 6.07) is 0. The zero-order valence-corrected chi connectivity index (χ0v) is 11.2. The van der Waals surface area contributed by atoms with Crippen LogP contribution in [0.4, 0.5) is 0 Å². The summed E-state index contributed by atoms with van der Waals surface area (Å²) >= 11 is 0. The van der Waals surface area contributed by atoms with E-state index in [1.165, 1.54) is 12.8 Å². The second kappa shape index (κ2) is 4.72. The van der Waals surface area contributed by atoms with Crippen LogP contribution in [-0.2, 0) is 0 Å². The normalized spacial score (nSPS) is 32.5. The largest absolute Gasteiger partial charge is 0.103 e. The number of allylic oxidation sites excluding steroid dienone is 1. The number of hydrogen-bond donors (Lipinski definition) is 0. The molecule has 0 aliphatic heterocycles. The zero-order chi connectivity index (χ0) is 11.6. The van der Waals surface area contributed by atoms with Crippen LogP contribution in [0, 0.1) is 29.1 Å². The Labute approximate surface area is 96.2 Å². The quantitative estimate of drug-likeness (QED) is 0.544. The third-order valence-electron chi connectivity index (χ3n) is 4.74. The van der Waals surface area contributed by atoms with Crippen LogP contribution in [0.15, 0.2) is 12.7 Å². The van der Waals surface area contributed by atoms with E-state index >= 15 is 0 Å². The van der Waals surface area contributed by atoms with Crippen molar-refractivity contribution >= 4 is 0 Å². The van der Waals surface area contributed by atoms with Crippen molar-refractivity contribution in [2.75, 3.05) is 0 Å². The van der Waals surface area contributed by atoms with Crippen molar-refractivity contribution in [3.8, 4) is 0 Å². The van der Waals surface area contributed by atoms with E-state index in [1.807, 2.05) is 0 Å². The summed E-state index contributed by atoms with van der Waals surface area (Å²) in [5.74, 6) is 3.78. The van der Waals surface area contributed by atoms with Gasteiger partial charge in [0.15, 0.2) is 0 Å². The maximum atomic E-state index is 3.88. The van der Waals surface area contributed by atoms with E-state index < -0.39 is 0 Å². The molecule has 0 heterocycles. The molecule has 0 aromatic rings. The van der Waals surface area contributed by atoms with Gasteiger partial charge in [0.05, 0.1) is 0 Å². The Morgan fingerprint density at radius 3 is 2.47 bits per heavy atom. The molecule has 4 atom stereocenters. The highest BCUT2D eigenvalue weighted by Crippen LogP contribution is 2.57. The fourth-order valence-corrected chi connectivity index (χ4v) is 3.27. The van der Waals surface area contributed by atoms with Crippen LogP contribution in [0.3, 0.4) is 0 Å². The fraction of sp³-hybridized carbons (Fsp3) is 0.867. The van der Waals surface area contributed by atoms with Gasteiger partial charge in [0.1, 0.15) is 0 Å². The SMILES string of the molecule is C=CCC(C)(C)C(C)C1C(C)C1CCC. The van der Waals surface area contributed by atoms with Gasteiger partial charge < -0.3 is 0 Å². The third kappa shape index (κ3) is 2.65. The summed E-state index contributed by atoms with van der Waals surface area (Å²) < 4.78 is 0. The molecule has 0 amide bonds. The lowest BCUT2D eigenvalue weighted by atomic mass is 9.74. The van der Waals surface area contributed by atoms with E-state index in [9.17, 15) is 0 Å². The van der Waals surface area contributed by atoms with Gasteiger partial charge in [0, 0.05) is 0 Å². The van der Waals surface area contributed by atoms with Gasteiger partial charge >= 0.3 is 0 Å². The van der Waals surface area contributed by atoms with Crippen LogP contribution in [0.25, 0.3) is 0 Å². The first-order valence-corrected chi connectivity index (χ1v) is 6.56. The first-order chi connectivity index (χ1) is 6.95. The molecule has 1 saturated carbocycles. The molecule has 0 saturated heterocycles. The molecule has 0 nitrogen and oxygen atoms in total. The van der Waals surface area contributed by atoms with Gasteiger partial charge in [0.2, 0.25) is 0 Å². The van der Waals surface area contributed by atoms with Gasteiger partial charge in [-0.15, -0.1) is 6.58 Å². The second-order valence-corrected chi connectivity index (χ2v) is 6.16. The molecule has 0 bridgehead atoms. The minimum Gasteiger partial charge on any atom is -0.103 e. The van der Waals surface area contributed by atoms with E-state index in [4.69, 9.17) is 0 Å². The van der Waals surface area contributed by atoms with Crippen LogP contribution in [0.1, 0.15) is 53.9 Å². The lowest BCUT2D eigenvalue weighted by molar-refractivity contribution is 0.194. The Morgan fingerprint density at radius 1 is 1.40 bits per heavy atom. The summed E-state index contributed by atoms with van der Waals surface area (Å²) in [4.78, 5) is 0. The van der Waals surface area contributed by atoms with Crippen molar-refractivity contribution in [1.82, 2.24) is 0 Å². The van der Waals surface area contributed by atoms with Gasteiger partial charge in [-0.3, -0.25) is 0 Å². The van der Waals surface area contributed by atoms with Crippen molar-refractivity contribution in [3.63, 3.8) is 0 Å². The molecular weight excluding hydrogens is 180 g/mol. The minimum absolute atomic E-state index is 0.434. The van der Waals surface area contributed by atoms with E-state index in [0.29, 0.717) is 5.41 Å². The molecule has 1 rings (SSSR count). The second-order valence-electron chi connectivity index (χ2n) is 6.16. The van der Waals surface area contributed by atoms with Crippen molar-refractivity contribution in [1.29, 1.82) is 0 Å². The molecule has 88 valence electrons. The van der Waals surface area contributed by atoms with Gasteiger partial charge in [-0.2, -0.15) is 0 Å². The third-order valence-corrected chi connectivity index (χ3v) is 4.74. The predicted molar refractivity (Wildman–Crippen MR) is 68.8 cm³/mol. The van der Waals surface area contributed by atoms with Gasteiger partial charge in [-0.1, -0.05) is 53.5 Å². The Balaban J connectivity index is 2.54. The molecule has 1 fully saturated rings. The standard InChI is InChI=1S/C15H28/c1-7-9-13-11(3)14(13)12(4)15(5,6)10-8-2/h8,11-14H,2,7,9-10H2,1,3-6H3. The smallest absolute Gasteiger partial charge is 0.0291 e. The van der Waals surface area contributed by atoms with E-state index in [-0.39, 0.29) is 0 Å². The van der Waals surface area contributed by atoms with Crippen molar-refractivity contribution in [2.45, 2.75) is 53.9 Å². The summed E-state index contributed by atoms with van der Waals surface area (Å²) in [6.07, 6.45) is 6.01. The van der Waals surface area contributed by atoms with Crippen molar-refractivity contribution < 1.29 is 0 Å². The summed E-state index contributed by atoms with van der Waals surface area (Å²) in [7, 11) is 0. The van der Waals surface area contributed by atoms with Gasteiger partial charge in [0.25, 0.3) is 0 Å². The van der Waals surface area contributed by atoms with Crippen LogP contribution < -0.4 is 0 Å². The first kappa shape index (κ1) is 12.8. The summed E-state index contributed by atoms with van der Waals surface area (Å²) in [5, 5.41) is 0. The lowest BCUT2D eigenvalue weighted by Crippen LogP contribution is -2.23. The number of rotatable bonds is 6. The highest BCUT2D eigenvalue weighted by molar-refractivity contribution is 5.01. The molecule has 4 unspecified atom stereocenters. The van der Waals surface area contributed by atoms with Gasteiger partial charge in [-0.05, 0) is 35.5 Å². The summed E-state index contributed by atoms with van der Waals surface area (Å²) in [5.41, 5.74) is 0.434. The van der Waals surface area contributed by atoms with Crippen molar-refractivity contribution in [3.05, 3.63) is 12.7 Å².